The van der Waals surface area contributed by atoms with Gasteiger partial charge in [0, 0.05) is 25.0 Å². The first kappa shape index (κ1) is 42.1. The van der Waals surface area contributed by atoms with Gasteiger partial charge in [0.2, 0.25) is 12.4 Å². The molecule has 2 aromatic heterocycles. The summed E-state index contributed by atoms with van der Waals surface area (Å²) in [4.78, 5) is 0. The Hall–Kier alpha value is -1.92. The molecule has 0 saturated heterocycles. The Morgan fingerprint density at radius 3 is 1.02 bits per heavy atom. The molecule has 6 heteroatoms. The molecule has 0 radical (unpaired) electrons. The van der Waals surface area contributed by atoms with Crippen molar-refractivity contribution in [3.05, 3.63) is 73.3 Å². The molecule has 0 saturated carbocycles. The van der Waals surface area contributed by atoms with Crippen LogP contribution in [0.25, 0.3) is 0 Å². The van der Waals surface area contributed by atoms with Crippen LogP contribution in [0, 0.1) is 0 Å². The molecule has 0 fully saturated rings. The molecule has 0 spiro atoms. The highest BCUT2D eigenvalue weighted by molar-refractivity contribution is 5.36. The molecule has 0 atom stereocenters. The number of hydrogen-bond donors (Lipinski definition) is 0. The highest BCUT2D eigenvalue weighted by Crippen LogP contribution is 2.26. The van der Waals surface area contributed by atoms with Gasteiger partial charge in [-0.25, -0.2) is 9.13 Å². The van der Waals surface area contributed by atoms with Gasteiger partial charge in [-0.3, -0.25) is 0 Å². The number of halogens is 2. The second kappa shape index (κ2) is 28.1. The fourth-order valence-corrected chi connectivity index (χ4v) is 5.81. The number of unbranched alkanes of at least 4 members (excludes halogenated alkanes) is 18. The van der Waals surface area contributed by atoms with E-state index in [1.54, 1.807) is 0 Å². The summed E-state index contributed by atoms with van der Waals surface area (Å²) in [5.41, 5.74) is 0. The van der Waals surface area contributed by atoms with Gasteiger partial charge in [-0.05, 0) is 49.2 Å². The van der Waals surface area contributed by atoms with E-state index in [4.69, 9.17) is 9.47 Å². The van der Waals surface area contributed by atoms with Crippen molar-refractivity contribution < 1.29 is 52.6 Å². The van der Waals surface area contributed by atoms with E-state index in [0.29, 0.717) is 0 Å². The van der Waals surface area contributed by atoms with Gasteiger partial charge in [0.05, 0.1) is 0 Å². The quantitative estimate of drug-likeness (QED) is 0.0777. The van der Waals surface area contributed by atoms with Crippen molar-refractivity contribution in [1.82, 2.24) is 0 Å². The van der Waals surface area contributed by atoms with Crippen LogP contribution in [0.2, 0.25) is 0 Å². The van der Waals surface area contributed by atoms with Crippen molar-refractivity contribution in [3.8, 4) is 23.0 Å². The number of benzene rings is 1. The molecular formula is C40H62Br2N2O2. The monoisotopic (exact) mass is 760 g/mol. The van der Waals surface area contributed by atoms with Gasteiger partial charge in [0.25, 0.3) is 0 Å². The minimum absolute atomic E-state index is 0. The number of nitrogens with zero attached hydrogens (tertiary/aromatic N) is 2. The van der Waals surface area contributed by atoms with Crippen LogP contribution in [0.5, 0.6) is 23.0 Å². The number of aromatic nitrogens is 2. The molecule has 1 aromatic carbocycles. The third-order valence-electron chi connectivity index (χ3n) is 8.50. The Morgan fingerprint density at radius 2 is 0.696 bits per heavy atom. The Morgan fingerprint density at radius 1 is 0.391 bits per heavy atom. The Labute approximate surface area is 302 Å². The normalized spacial score (nSPS) is 10.7. The first-order valence-corrected chi connectivity index (χ1v) is 18.2. The average molecular weight is 763 g/mol. The van der Waals surface area contributed by atoms with Crippen LogP contribution >= 0.6 is 0 Å². The summed E-state index contributed by atoms with van der Waals surface area (Å²) < 4.78 is 16.8. The molecular weight excluding hydrogens is 700 g/mol. The first-order chi connectivity index (χ1) is 21.8. The smallest absolute Gasteiger partial charge is 0.211 e. The van der Waals surface area contributed by atoms with E-state index in [9.17, 15) is 0 Å². The summed E-state index contributed by atoms with van der Waals surface area (Å²) in [5.74, 6) is 3.37. The largest absolute Gasteiger partial charge is 1.00 e. The first-order valence-electron chi connectivity index (χ1n) is 18.2. The van der Waals surface area contributed by atoms with Crippen LogP contribution in [0.1, 0.15) is 142 Å². The summed E-state index contributed by atoms with van der Waals surface area (Å²) in [6.45, 7) is 6.64. The number of aryl methyl sites for hydroxylation is 2. The third kappa shape index (κ3) is 19.7. The number of pyridine rings is 2. The van der Waals surface area contributed by atoms with Crippen molar-refractivity contribution in [2.24, 2.45) is 0 Å². The van der Waals surface area contributed by atoms with Gasteiger partial charge in [0.1, 0.15) is 24.6 Å². The van der Waals surface area contributed by atoms with Crippen molar-refractivity contribution in [3.63, 3.8) is 0 Å². The van der Waals surface area contributed by atoms with Crippen LogP contribution in [0.3, 0.4) is 0 Å². The molecule has 0 aliphatic rings. The van der Waals surface area contributed by atoms with Gasteiger partial charge < -0.3 is 43.4 Å². The Kier molecular flexibility index (Phi) is 25.7. The molecule has 2 heterocycles. The lowest BCUT2D eigenvalue weighted by Gasteiger charge is -2.08. The zero-order chi connectivity index (χ0) is 30.9. The van der Waals surface area contributed by atoms with Crippen molar-refractivity contribution >= 4 is 0 Å². The Balaban J connectivity index is 0.00000529. The minimum Gasteiger partial charge on any atom is -1.00 e. The lowest BCUT2D eigenvalue weighted by atomic mass is 10.1. The van der Waals surface area contributed by atoms with Crippen molar-refractivity contribution in [1.29, 1.82) is 0 Å². The zero-order valence-electron chi connectivity index (χ0n) is 29.0. The number of hydrogen-bond acceptors (Lipinski definition) is 2. The van der Waals surface area contributed by atoms with Crippen LogP contribution < -0.4 is 52.6 Å². The maximum atomic E-state index is 6.16. The molecule has 0 N–H and O–H groups in total. The molecule has 0 aliphatic carbocycles. The van der Waals surface area contributed by atoms with Gasteiger partial charge >= 0.3 is 0 Å². The number of rotatable bonds is 26. The molecule has 0 unspecified atom stereocenters. The van der Waals surface area contributed by atoms with Crippen LogP contribution in [-0.2, 0) is 13.1 Å². The van der Waals surface area contributed by atoms with Crippen molar-refractivity contribution in [2.45, 2.75) is 155 Å². The molecule has 3 rings (SSSR count). The standard InChI is InChI=1S/C40H62N2O2.2BrH/c1-3-5-7-9-11-13-15-17-19-21-31-41-33-23-25-39(35-41)43-37-27-29-38(30-28-37)44-40-26-24-34-42(36-40)32-22-20-18-16-14-12-10-8-6-4-2;;/h23-30,33-36H,3-22,31-32H2,1-2H3;2*1H/q+2;;/p-2. The molecule has 258 valence electrons. The second-order valence-electron chi connectivity index (χ2n) is 12.6. The van der Waals surface area contributed by atoms with Crippen LogP contribution in [-0.4, -0.2) is 0 Å². The van der Waals surface area contributed by atoms with Crippen LogP contribution in [0.15, 0.2) is 73.3 Å². The topological polar surface area (TPSA) is 26.2 Å². The SMILES string of the molecule is CCCCCCCCCCCC[n+]1cccc(Oc2ccc(Oc3ccc[n+](CCCCCCCCCCCC)c3)cc2)c1.[Br-].[Br-]. The lowest BCUT2D eigenvalue weighted by Crippen LogP contribution is -3.00. The summed E-state index contributed by atoms with van der Waals surface area (Å²) in [6.07, 6.45) is 35.7. The van der Waals surface area contributed by atoms with Crippen LogP contribution in [0.4, 0.5) is 0 Å². The predicted molar refractivity (Wildman–Crippen MR) is 184 cm³/mol. The van der Waals surface area contributed by atoms with E-state index in [0.717, 1.165) is 36.1 Å². The van der Waals surface area contributed by atoms with Gasteiger partial charge in [0.15, 0.2) is 23.9 Å². The molecule has 0 bridgehead atoms. The van der Waals surface area contributed by atoms with Gasteiger partial charge in [-0.2, -0.15) is 0 Å². The zero-order valence-corrected chi connectivity index (χ0v) is 32.1. The maximum Gasteiger partial charge on any atom is 0.211 e. The number of ether oxygens (including phenoxy) is 2. The van der Waals surface area contributed by atoms with Crippen molar-refractivity contribution in [2.75, 3.05) is 0 Å². The summed E-state index contributed by atoms with van der Waals surface area (Å²) >= 11 is 0. The lowest BCUT2D eigenvalue weighted by molar-refractivity contribution is -0.697. The Bertz CT molecular complexity index is 1040. The van der Waals surface area contributed by atoms with E-state index in [1.807, 2.05) is 36.4 Å². The van der Waals surface area contributed by atoms with E-state index in [-0.39, 0.29) is 34.0 Å². The predicted octanol–water partition coefficient (Wildman–Crippen LogP) is 5.70. The fraction of sp³-hybridized carbons (Fsp3) is 0.600. The average Bonchev–Trinajstić information content (AvgIpc) is 3.04. The van der Waals surface area contributed by atoms with E-state index in [1.165, 1.54) is 128 Å². The molecule has 4 nitrogen and oxygen atoms in total. The van der Waals surface area contributed by atoms with E-state index in [2.05, 4.69) is 59.9 Å². The van der Waals surface area contributed by atoms with E-state index < -0.39 is 0 Å². The van der Waals surface area contributed by atoms with E-state index >= 15 is 0 Å². The summed E-state index contributed by atoms with van der Waals surface area (Å²) in [6, 6.07) is 16.1. The van der Waals surface area contributed by atoms with Gasteiger partial charge in [-0.1, -0.05) is 117 Å². The maximum absolute atomic E-state index is 6.16. The van der Waals surface area contributed by atoms with Gasteiger partial charge in [-0.15, -0.1) is 0 Å². The summed E-state index contributed by atoms with van der Waals surface area (Å²) in [5, 5.41) is 0. The molecule has 0 aliphatic heterocycles. The summed E-state index contributed by atoms with van der Waals surface area (Å²) in [7, 11) is 0. The highest BCUT2D eigenvalue weighted by Gasteiger charge is 2.08. The second-order valence-corrected chi connectivity index (χ2v) is 12.6. The molecule has 0 amide bonds. The third-order valence-corrected chi connectivity index (χ3v) is 8.50. The molecule has 46 heavy (non-hydrogen) atoms. The molecule has 3 aromatic rings. The highest BCUT2D eigenvalue weighted by atomic mass is 79.9. The fourth-order valence-electron chi connectivity index (χ4n) is 5.81. The minimum atomic E-state index is 0.